The maximum atomic E-state index is 13.7. The molecule has 1 atom stereocenters. The lowest BCUT2D eigenvalue weighted by atomic mass is 9.94. The first-order chi connectivity index (χ1) is 12.2. The number of aryl methyl sites for hydroxylation is 1. The van der Waals surface area contributed by atoms with Gasteiger partial charge in [-0.1, -0.05) is 30.3 Å². The standard InChI is InChI=1S/C20H19FN4/c1-25-20(10-19(24-25)13-5-3-2-4-6-13)16(11-22)17-12-23-18-8-7-14(21)9-15(17)18/h2-10,12,16,23H,11,22H2,1H3. The van der Waals surface area contributed by atoms with Crippen LogP contribution in [0.2, 0.25) is 0 Å². The van der Waals surface area contributed by atoms with Gasteiger partial charge >= 0.3 is 0 Å². The zero-order valence-corrected chi connectivity index (χ0v) is 13.9. The second-order valence-electron chi connectivity index (χ2n) is 6.17. The normalized spacial score (nSPS) is 12.6. The molecular formula is C20H19FN4. The quantitative estimate of drug-likeness (QED) is 0.596. The van der Waals surface area contributed by atoms with E-state index in [1.807, 2.05) is 48.3 Å². The SMILES string of the molecule is Cn1nc(-c2ccccc2)cc1C(CN)c1c[nH]c2ccc(F)cc12. The third kappa shape index (κ3) is 2.72. The first kappa shape index (κ1) is 15.6. The highest BCUT2D eigenvalue weighted by Gasteiger charge is 2.21. The van der Waals surface area contributed by atoms with E-state index in [1.165, 1.54) is 6.07 Å². The molecule has 2 heterocycles. The molecule has 0 saturated carbocycles. The molecule has 2 aromatic heterocycles. The zero-order valence-electron chi connectivity index (χ0n) is 13.9. The van der Waals surface area contributed by atoms with Crippen LogP contribution in [0.25, 0.3) is 22.2 Å². The lowest BCUT2D eigenvalue weighted by Crippen LogP contribution is -2.16. The minimum atomic E-state index is -0.251. The number of halogens is 1. The highest BCUT2D eigenvalue weighted by molar-refractivity contribution is 5.84. The van der Waals surface area contributed by atoms with E-state index in [0.29, 0.717) is 6.54 Å². The summed E-state index contributed by atoms with van der Waals surface area (Å²) in [5.41, 5.74) is 11.0. The van der Waals surface area contributed by atoms with Crippen LogP contribution in [0.3, 0.4) is 0 Å². The van der Waals surface area contributed by atoms with Crippen molar-refractivity contribution in [1.82, 2.24) is 14.8 Å². The number of nitrogens with zero attached hydrogens (tertiary/aromatic N) is 2. The Labute approximate surface area is 145 Å². The molecule has 0 aliphatic heterocycles. The Morgan fingerprint density at radius 3 is 2.72 bits per heavy atom. The van der Waals surface area contributed by atoms with Gasteiger partial charge in [-0.25, -0.2) is 4.39 Å². The van der Waals surface area contributed by atoms with Gasteiger partial charge in [0.1, 0.15) is 5.82 Å². The van der Waals surface area contributed by atoms with Crippen molar-refractivity contribution in [3.8, 4) is 11.3 Å². The van der Waals surface area contributed by atoms with Crippen LogP contribution in [0.15, 0.2) is 60.8 Å². The van der Waals surface area contributed by atoms with E-state index in [4.69, 9.17) is 5.73 Å². The lowest BCUT2D eigenvalue weighted by molar-refractivity contribution is 0.629. The van der Waals surface area contributed by atoms with Gasteiger partial charge in [0.15, 0.2) is 0 Å². The molecule has 0 aliphatic rings. The fraction of sp³-hybridized carbons (Fsp3) is 0.150. The average molecular weight is 334 g/mol. The molecule has 126 valence electrons. The number of nitrogens with one attached hydrogen (secondary N) is 1. The predicted octanol–water partition coefficient (Wildman–Crippen LogP) is 3.80. The molecule has 1 unspecified atom stereocenters. The minimum absolute atomic E-state index is 0.0643. The Balaban J connectivity index is 1.81. The monoisotopic (exact) mass is 334 g/mol. The Hall–Kier alpha value is -2.92. The van der Waals surface area contributed by atoms with Crippen LogP contribution in [-0.4, -0.2) is 21.3 Å². The summed E-state index contributed by atoms with van der Waals surface area (Å²) < 4.78 is 15.6. The summed E-state index contributed by atoms with van der Waals surface area (Å²) in [5, 5.41) is 5.49. The molecule has 5 heteroatoms. The number of rotatable bonds is 4. The fourth-order valence-corrected chi connectivity index (χ4v) is 3.37. The molecule has 0 bridgehead atoms. The Morgan fingerprint density at radius 1 is 1.16 bits per heavy atom. The zero-order chi connectivity index (χ0) is 17.4. The van der Waals surface area contributed by atoms with Crippen LogP contribution in [0.5, 0.6) is 0 Å². The van der Waals surface area contributed by atoms with Crippen molar-refractivity contribution >= 4 is 10.9 Å². The molecule has 25 heavy (non-hydrogen) atoms. The van der Waals surface area contributed by atoms with E-state index < -0.39 is 0 Å². The molecule has 2 aromatic carbocycles. The maximum absolute atomic E-state index is 13.7. The number of aromatic amines is 1. The van der Waals surface area contributed by atoms with E-state index in [2.05, 4.69) is 16.1 Å². The smallest absolute Gasteiger partial charge is 0.123 e. The van der Waals surface area contributed by atoms with E-state index >= 15 is 0 Å². The number of nitrogens with two attached hydrogens (primary N) is 1. The Bertz CT molecular complexity index is 1020. The molecular weight excluding hydrogens is 315 g/mol. The Morgan fingerprint density at radius 2 is 1.96 bits per heavy atom. The van der Waals surface area contributed by atoms with Crippen LogP contribution in [0.4, 0.5) is 4.39 Å². The van der Waals surface area contributed by atoms with Crippen molar-refractivity contribution in [2.24, 2.45) is 12.8 Å². The predicted molar refractivity (Wildman–Crippen MR) is 97.8 cm³/mol. The average Bonchev–Trinajstić information content (AvgIpc) is 3.21. The van der Waals surface area contributed by atoms with E-state index in [1.54, 1.807) is 12.1 Å². The summed E-state index contributed by atoms with van der Waals surface area (Å²) in [4.78, 5) is 3.21. The van der Waals surface area contributed by atoms with Gasteiger partial charge < -0.3 is 10.7 Å². The van der Waals surface area contributed by atoms with Crippen LogP contribution >= 0.6 is 0 Å². The van der Waals surface area contributed by atoms with Crippen molar-refractivity contribution < 1.29 is 4.39 Å². The van der Waals surface area contributed by atoms with Crippen molar-refractivity contribution in [2.75, 3.05) is 6.54 Å². The van der Waals surface area contributed by atoms with Crippen LogP contribution in [0.1, 0.15) is 17.2 Å². The first-order valence-corrected chi connectivity index (χ1v) is 8.23. The van der Waals surface area contributed by atoms with Gasteiger partial charge in [-0.3, -0.25) is 4.68 Å². The second-order valence-corrected chi connectivity index (χ2v) is 6.17. The van der Waals surface area contributed by atoms with Gasteiger partial charge in [-0.2, -0.15) is 5.10 Å². The number of hydrogen-bond acceptors (Lipinski definition) is 2. The summed E-state index contributed by atoms with van der Waals surface area (Å²) in [7, 11) is 1.92. The van der Waals surface area contributed by atoms with Crippen molar-refractivity contribution in [3.63, 3.8) is 0 Å². The van der Waals surface area contributed by atoms with Gasteiger partial charge in [0.25, 0.3) is 0 Å². The molecule has 0 aliphatic carbocycles. The molecule has 0 fully saturated rings. The summed E-state index contributed by atoms with van der Waals surface area (Å²) >= 11 is 0. The molecule has 0 saturated heterocycles. The molecule has 3 N–H and O–H groups in total. The van der Waals surface area contributed by atoms with Gasteiger partial charge in [0.05, 0.1) is 5.69 Å². The van der Waals surface area contributed by atoms with Crippen LogP contribution in [0, 0.1) is 5.82 Å². The number of fused-ring (bicyclic) bond motifs is 1. The number of aromatic nitrogens is 3. The molecule has 4 aromatic rings. The fourth-order valence-electron chi connectivity index (χ4n) is 3.37. The van der Waals surface area contributed by atoms with E-state index in [0.717, 1.165) is 33.4 Å². The van der Waals surface area contributed by atoms with E-state index in [9.17, 15) is 4.39 Å². The molecule has 4 rings (SSSR count). The molecule has 0 amide bonds. The van der Waals surface area contributed by atoms with Gasteiger partial charge in [0.2, 0.25) is 0 Å². The largest absolute Gasteiger partial charge is 0.361 e. The summed E-state index contributed by atoms with van der Waals surface area (Å²) in [5.74, 6) is -0.315. The molecule has 0 spiro atoms. The van der Waals surface area contributed by atoms with Crippen molar-refractivity contribution in [1.29, 1.82) is 0 Å². The number of H-pyrrole nitrogens is 1. The van der Waals surface area contributed by atoms with Gasteiger partial charge in [0, 0.05) is 47.9 Å². The third-order valence-corrected chi connectivity index (χ3v) is 4.63. The van der Waals surface area contributed by atoms with Crippen molar-refractivity contribution in [3.05, 3.63) is 77.9 Å². The third-order valence-electron chi connectivity index (χ3n) is 4.63. The van der Waals surface area contributed by atoms with Gasteiger partial charge in [-0.15, -0.1) is 0 Å². The maximum Gasteiger partial charge on any atom is 0.123 e. The number of hydrogen-bond donors (Lipinski definition) is 2. The second kappa shape index (κ2) is 6.18. The van der Waals surface area contributed by atoms with Crippen molar-refractivity contribution in [2.45, 2.75) is 5.92 Å². The van der Waals surface area contributed by atoms with Gasteiger partial charge in [-0.05, 0) is 29.8 Å². The topological polar surface area (TPSA) is 59.6 Å². The lowest BCUT2D eigenvalue weighted by Gasteiger charge is -2.14. The highest BCUT2D eigenvalue weighted by Crippen LogP contribution is 2.32. The summed E-state index contributed by atoms with van der Waals surface area (Å²) in [6.07, 6.45) is 1.91. The summed E-state index contributed by atoms with van der Waals surface area (Å²) in [6.45, 7) is 0.414. The van der Waals surface area contributed by atoms with E-state index in [-0.39, 0.29) is 11.7 Å². The Kier molecular flexibility index (Phi) is 3.86. The number of benzene rings is 2. The first-order valence-electron chi connectivity index (χ1n) is 8.23. The van der Waals surface area contributed by atoms with Crippen LogP contribution < -0.4 is 5.73 Å². The minimum Gasteiger partial charge on any atom is -0.361 e. The molecule has 4 nitrogen and oxygen atoms in total. The molecule has 0 radical (unpaired) electrons. The van der Waals surface area contributed by atoms with Crippen LogP contribution in [-0.2, 0) is 7.05 Å². The highest BCUT2D eigenvalue weighted by atomic mass is 19.1. The summed E-state index contributed by atoms with van der Waals surface area (Å²) in [6, 6.07) is 16.9.